The number of benzene rings is 2. The molecule has 0 atom stereocenters. The number of pyridine rings is 1. The van der Waals surface area contributed by atoms with Crippen molar-refractivity contribution in [1.82, 2.24) is 15.5 Å². The van der Waals surface area contributed by atoms with Crippen molar-refractivity contribution in [3.8, 4) is 0 Å². The van der Waals surface area contributed by atoms with Crippen molar-refractivity contribution < 1.29 is 4.79 Å². The van der Waals surface area contributed by atoms with Crippen molar-refractivity contribution in [2.45, 2.75) is 6.54 Å². The van der Waals surface area contributed by atoms with Crippen LogP contribution in [0.5, 0.6) is 0 Å². The number of aromatic amines is 1. The molecule has 0 fully saturated rings. The van der Waals surface area contributed by atoms with Crippen molar-refractivity contribution in [3.05, 3.63) is 99.2 Å². The number of carbonyl (C=O) groups is 1. The maximum absolute atomic E-state index is 11.5. The Bertz CT molecular complexity index is 1370. The Labute approximate surface area is 181 Å². The highest BCUT2D eigenvalue weighted by Crippen LogP contribution is 2.28. The van der Waals surface area contributed by atoms with E-state index in [2.05, 4.69) is 15.6 Å². The van der Waals surface area contributed by atoms with Crippen LogP contribution in [0.1, 0.15) is 15.9 Å². The monoisotopic (exact) mass is 432 g/mol. The second kappa shape index (κ2) is 7.33. The maximum atomic E-state index is 11.5. The Morgan fingerprint density at radius 3 is 2.81 bits per heavy atom. The summed E-state index contributed by atoms with van der Waals surface area (Å²) in [4.78, 5) is 27.6. The van der Waals surface area contributed by atoms with E-state index in [1.807, 2.05) is 46.6 Å². The van der Waals surface area contributed by atoms with Gasteiger partial charge in [0, 0.05) is 29.7 Å². The van der Waals surface area contributed by atoms with Gasteiger partial charge in [-0.1, -0.05) is 17.7 Å². The number of hydrazine groups is 1. The molecule has 0 saturated carbocycles. The molecule has 0 unspecified atom stereocenters. The predicted molar refractivity (Wildman–Crippen MR) is 120 cm³/mol. The summed E-state index contributed by atoms with van der Waals surface area (Å²) in [5.74, 6) is -0.566. The van der Waals surface area contributed by atoms with Crippen LogP contribution < -0.4 is 21.7 Å². The minimum absolute atomic E-state index is 0.122. The molecule has 3 heterocycles. The van der Waals surface area contributed by atoms with Crippen LogP contribution in [0.2, 0.25) is 5.02 Å². The van der Waals surface area contributed by atoms with Crippen LogP contribution in [0.15, 0.2) is 82.6 Å². The molecule has 0 spiro atoms. The number of carbonyl (C=O) groups excluding carboxylic acids is 1. The highest BCUT2D eigenvalue weighted by atomic mass is 35.5. The first kappa shape index (κ1) is 19.0. The van der Waals surface area contributed by atoms with Crippen LogP contribution in [-0.4, -0.2) is 21.6 Å². The number of primary amides is 1. The molecule has 3 aromatic rings. The number of amides is 1. The summed E-state index contributed by atoms with van der Waals surface area (Å²) in [5, 5.41) is 7.55. The zero-order valence-corrected chi connectivity index (χ0v) is 16.9. The van der Waals surface area contributed by atoms with E-state index in [1.54, 1.807) is 24.3 Å². The maximum Gasteiger partial charge on any atom is 0.250 e. The standard InChI is InChI=1S/C22H17ClN6O2/c23-17-10-15(3-4-16(17)22(24)31)28-8-7-19-20(12-28)29(27-26-19)11-13-1-5-18-14(9-13)2-6-21(30)25-18/h1-10,12,27H,11H2,(H2,24,31)(H,25,30). The zero-order valence-electron chi connectivity index (χ0n) is 16.2. The molecule has 0 saturated heterocycles. The summed E-state index contributed by atoms with van der Waals surface area (Å²) in [6.07, 6.45) is 5.70. The van der Waals surface area contributed by atoms with Gasteiger partial charge >= 0.3 is 0 Å². The molecule has 31 heavy (non-hydrogen) atoms. The summed E-state index contributed by atoms with van der Waals surface area (Å²) < 4.78 is 0. The molecule has 9 heteroatoms. The lowest BCUT2D eigenvalue weighted by Gasteiger charge is -2.25. The van der Waals surface area contributed by atoms with E-state index in [4.69, 9.17) is 17.3 Å². The zero-order chi connectivity index (χ0) is 21.5. The number of allylic oxidation sites excluding steroid dienone is 1. The molecular formula is C22H17ClN6O2. The average molecular weight is 433 g/mol. The molecule has 0 bridgehead atoms. The second-order valence-electron chi connectivity index (χ2n) is 7.19. The number of nitrogens with two attached hydrogens (primary N) is 1. The van der Waals surface area contributed by atoms with Gasteiger partial charge in [0.15, 0.2) is 0 Å². The lowest BCUT2D eigenvalue weighted by Crippen LogP contribution is -2.31. The van der Waals surface area contributed by atoms with Crippen LogP contribution in [0, 0.1) is 0 Å². The van der Waals surface area contributed by atoms with E-state index in [-0.39, 0.29) is 11.1 Å². The molecule has 0 aliphatic carbocycles. The molecular weight excluding hydrogens is 416 g/mol. The first-order valence-corrected chi connectivity index (χ1v) is 9.87. The average Bonchev–Trinajstić information content (AvgIpc) is 3.15. The topological polar surface area (TPSA) is 107 Å². The number of nitrogens with zero attached hydrogens (tertiary/aromatic N) is 3. The lowest BCUT2D eigenvalue weighted by atomic mass is 10.1. The number of hydrogen-bond donors (Lipinski definition) is 3. The Morgan fingerprint density at radius 2 is 2.00 bits per heavy atom. The number of nitrogens with one attached hydrogen (secondary N) is 2. The first-order valence-electron chi connectivity index (χ1n) is 9.49. The molecule has 8 nitrogen and oxygen atoms in total. The van der Waals surface area contributed by atoms with Gasteiger partial charge in [0.1, 0.15) is 11.4 Å². The molecule has 1 aromatic heterocycles. The molecule has 2 aromatic carbocycles. The second-order valence-corrected chi connectivity index (χ2v) is 7.60. The Morgan fingerprint density at radius 1 is 1.13 bits per heavy atom. The van der Waals surface area contributed by atoms with E-state index in [1.165, 1.54) is 6.07 Å². The largest absolute Gasteiger partial charge is 0.366 e. The van der Waals surface area contributed by atoms with Crippen molar-refractivity contribution in [2.24, 2.45) is 10.8 Å². The van der Waals surface area contributed by atoms with Crippen LogP contribution in [0.3, 0.4) is 0 Å². The smallest absolute Gasteiger partial charge is 0.250 e. The third kappa shape index (κ3) is 3.53. The van der Waals surface area contributed by atoms with Crippen molar-refractivity contribution in [2.75, 3.05) is 4.90 Å². The van der Waals surface area contributed by atoms with E-state index in [0.29, 0.717) is 11.6 Å². The fourth-order valence-electron chi connectivity index (χ4n) is 3.58. The summed E-state index contributed by atoms with van der Waals surface area (Å²) in [5.41, 5.74) is 12.9. The summed E-state index contributed by atoms with van der Waals surface area (Å²) in [7, 11) is 0. The van der Waals surface area contributed by atoms with Gasteiger partial charge < -0.3 is 15.6 Å². The Kier molecular flexibility index (Phi) is 4.48. The third-order valence-electron chi connectivity index (χ3n) is 5.14. The molecule has 1 amide bonds. The van der Waals surface area contributed by atoms with Gasteiger partial charge in [-0.2, -0.15) is 5.10 Å². The number of halogens is 1. The van der Waals surface area contributed by atoms with Crippen LogP contribution in [0.25, 0.3) is 10.9 Å². The van der Waals surface area contributed by atoms with Crippen molar-refractivity contribution >= 4 is 39.8 Å². The minimum atomic E-state index is -0.566. The van der Waals surface area contributed by atoms with Crippen molar-refractivity contribution in [1.29, 1.82) is 0 Å². The summed E-state index contributed by atoms with van der Waals surface area (Å²) in [6, 6.07) is 14.3. The molecule has 5 rings (SSSR count). The first-order chi connectivity index (χ1) is 15.0. The number of rotatable bonds is 4. The number of aromatic nitrogens is 1. The van der Waals surface area contributed by atoms with Crippen LogP contribution >= 0.6 is 11.6 Å². The van der Waals surface area contributed by atoms with E-state index in [9.17, 15) is 9.59 Å². The van der Waals surface area contributed by atoms with Gasteiger partial charge in [0.25, 0.3) is 0 Å². The normalized spacial score (nSPS) is 14.9. The quantitative estimate of drug-likeness (QED) is 0.587. The van der Waals surface area contributed by atoms with E-state index < -0.39 is 5.91 Å². The van der Waals surface area contributed by atoms with Gasteiger partial charge in [-0.25, -0.2) is 5.53 Å². The van der Waals surface area contributed by atoms with Crippen LogP contribution in [0.4, 0.5) is 5.69 Å². The number of anilines is 1. The molecule has 2 aliphatic rings. The molecule has 4 N–H and O–H groups in total. The number of H-pyrrole nitrogens is 1. The minimum Gasteiger partial charge on any atom is -0.366 e. The number of fused-ring (bicyclic) bond motifs is 2. The number of hydrogen-bond acceptors (Lipinski definition) is 6. The van der Waals surface area contributed by atoms with E-state index >= 15 is 0 Å². The fraction of sp³-hybridized carbons (Fsp3) is 0.0455. The Hall–Kier alpha value is -4.04. The highest BCUT2D eigenvalue weighted by molar-refractivity contribution is 6.34. The Balaban J connectivity index is 1.41. The molecule has 0 radical (unpaired) electrons. The number of hydrazone groups is 1. The predicted octanol–water partition coefficient (Wildman–Crippen LogP) is 2.83. The SMILES string of the molecule is NC(=O)c1ccc(N2C=CC3=NNN(Cc4ccc5[nH]c(=O)ccc5c4)C3=C2)cc1Cl. The van der Waals surface area contributed by atoms with Gasteiger partial charge in [0.2, 0.25) is 11.5 Å². The highest BCUT2D eigenvalue weighted by Gasteiger charge is 2.24. The van der Waals surface area contributed by atoms with Gasteiger partial charge in [-0.05, 0) is 53.4 Å². The van der Waals surface area contributed by atoms with Crippen molar-refractivity contribution in [3.63, 3.8) is 0 Å². The van der Waals surface area contributed by atoms with Gasteiger partial charge in [0.05, 0.1) is 17.1 Å². The third-order valence-corrected chi connectivity index (χ3v) is 5.46. The van der Waals surface area contributed by atoms with Gasteiger partial charge in [-0.15, -0.1) is 0 Å². The van der Waals surface area contributed by atoms with Crippen LogP contribution in [-0.2, 0) is 6.54 Å². The molecule has 2 aliphatic heterocycles. The lowest BCUT2D eigenvalue weighted by molar-refractivity contribution is 0.100. The summed E-state index contributed by atoms with van der Waals surface area (Å²) >= 11 is 6.21. The fourth-order valence-corrected chi connectivity index (χ4v) is 3.85. The van der Waals surface area contributed by atoms with Gasteiger partial charge in [-0.3, -0.25) is 14.6 Å². The van der Waals surface area contributed by atoms with E-state index in [0.717, 1.165) is 33.6 Å². The summed E-state index contributed by atoms with van der Waals surface area (Å²) in [6.45, 7) is 0.566. The molecule has 154 valence electrons.